The molecule has 0 saturated heterocycles. The molecule has 3 nitrogen and oxygen atoms in total. The van der Waals surface area contributed by atoms with Crippen molar-refractivity contribution in [2.24, 2.45) is 0 Å². The van der Waals surface area contributed by atoms with Gasteiger partial charge in [-0.25, -0.2) is 0 Å². The monoisotopic (exact) mass is 330 g/mol. The number of hydrogen-bond donors (Lipinski definition) is 1. The van der Waals surface area contributed by atoms with Crippen LogP contribution >= 0.6 is 7.92 Å². The third-order valence-corrected chi connectivity index (χ3v) is 7.39. The number of hydrogen-bond acceptors (Lipinski definition) is 2. The lowest BCUT2D eigenvalue weighted by atomic mass is 10.3. The van der Waals surface area contributed by atoms with Gasteiger partial charge in [-0.3, -0.25) is 4.55 Å². The molecule has 0 aliphatic carbocycles. The zero-order chi connectivity index (χ0) is 15.7. The maximum Gasteiger partial charge on any atom is 0.295 e. The smallest absolute Gasteiger partial charge is 0.282 e. The van der Waals surface area contributed by atoms with Crippen molar-refractivity contribution in [1.82, 2.24) is 0 Å². The van der Waals surface area contributed by atoms with Crippen molar-refractivity contribution < 1.29 is 13.0 Å². The average Bonchev–Trinajstić information content (AvgIpc) is 2.45. The Balaban J connectivity index is 2.95. The van der Waals surface area contributed by atoms with E-state index in [0.717, 1.165) is 43.3 Å². The Morgan fingerprint density at radius 3 is 1.95 bits per heavy atom. The summed E-state index contributed by atoms with van der Waals surface area (Å²) in [5.74, 6) is 0. The van der Waals surface area contributed by atoms with Crippen molar-refractivity contribution in [2.75, 3.05) is 12.3 Å². The van der Waals surface area contributed by atoms with E-state index in [-0.39, 0.29) is 4.90 Å². The van der Waals surface area contributed by atoms with Crippen molar-refractivity contribution >= 4 is 23.3 Å². The molecule has 0 aliphatic heterocycles. The average molecular weight is 330 g/mol. The molecule has 1 aromatic carbocycles. The van der Waals surface area contributed by atoms with Crippen LogP contribution in [0.3, 0.4) is 0 Å². The van der Waals surface area contributed by atoms with E-state index in [1.54, 1.807) is 6.07 Å². The van der Waals surface area contributed by atoms with Crippen molar-refractivity contribution in [3.05, 3.63) is 24.3 Å². The molecule has 21 heavy (non-hydrogen) atoms. The number of unbranched alkanes of at least 4 members (excludes halogenated alkanes) is 4. The lowest BCUT2D eigenvalue weighted by Gasteiger charge is -2.20. The van der Waals surface area contributed by atoms with Crippen molar-refractivity contribution in [3.63, 3.8) is 0 Å². The first-order valence-corrected chi connectivity index (χ1v) is 11.0. The first kappa shape index (κ1) is 18.6. The van der Waals surface area contributed by atoms with Crippen LogP contribution in [-0.4, -0.2) is 25.3 Å². The summed E-state index contributed by atoms with van der Waals surface area (Å²) in [6, 6.07) is 6.96. The molecule has 120 valence electrons. The Bertz CT molecular complexity index is 504. The molecule has 0 heterocycles. The van der Waals surface area contributed by atoms with Crippen molar-refractivity contribution in [1.29, 1.82) is 0 Å². The predicted molar refractivity (Wildman–Crippen MR) is 91.6 cm³/mol. The second-order valence-electron chi connectivity index (χ2n) is 5.34. The molecule has 1 rings (SSSR count). The minimum Gasteiger partial charge on any atom is -0.282 e. The van der Waals surface area contributed by atoms with Crippen LogP contribution in [0, 0.1) is 0 Å². The fourth-order valence-electron chi connectivity index (χ4n) is 2.39. The first-order chi connectivity index (χ1) is 10.0. The van der Waals surface area contributed by atoms with Gasteiger partial charge < -0.3 is 0 Å². The molecule has 0 aromatic heterocycles. The van der Waals surface area contributed by atoms with Gasteiger partial charge in [0.15, 0.2) is 0 Å². The van der Waals surface area contributed by atoms with Gasteiger partial charge in [0.1, 0.15) is 4.90 Å². The Kier molecular flexibility index (Phi) is 8.46. The first-order valence-electron chi connectivity index (χ1n) is 7.82. The fourth-order valence-corrected chi connectivity index (χ4v) is 6.31. The Morgan fingerprint density at radius 1 is 0.952 bits per heavy atom. The highest BCUT2D eigenvalue weighted by Crippen LogP contribution is 2.39. The van der Waals surface area contributed by atoms with Gasteiger partial charge in [0, 0.05) is 0 Å². The molecule has 0 aliphatic rings. The van der Waals surface area contributed by atoms with E-state index in [1.807, 2.05) is 12.1 Å². The molecule has 1 N–H and O–H groups in total. The molecular formula is C16H27O3PS. The van der Waals surface area contributed by atoms with Gasteiger partial charge in [0.05, 0.1) is 0 Å². The summed E-state index contributed by atoms with van der Waals surface area (Å²) in [5, 5.41) is 0.849. The van der Waals surface area contributed by atoms with Crippen molar-refractivity contribution in [3.8, 4) is 0 Å². The van der Waals surface area contributed by atoms with Crippen molar-refractivity contribution in [2.45, 2.75) is 57.3 Å². The molecule has 0 fully saturated rings. The van der Waals surface area contributed by atoms with Gasteiger partial charge in [-0.1, -0.05) is 65.7 Å². The van der Waals surface area contributed by atoms with Crippen LogP contribution in [0.25, 0.3) is 0 Å². The molecular weight excluding hydrogens is 303 g/mol. The predicted octanol–water partition coefficient (Wildman–Crippen LogP) is 4.42. The summed E-state index contributed by atoms with van der Waals surface area (Å²) >= 11 is 0. The van der Waals surface area contributed by atoms with E-state index in [1.165, 1.54) is 18.9 Å². The highest BCUT2D eigenvalue weighted by molar-refractivity contribution is 7.86. The summed E-state index contributed by atoms with van der Waals surface area (Å²) in [4.78, 5) is 0.115. The summed E-state index contributed by atoms with van der Waals surface area (Å²) in [6.07, 6.45) is 9.07. The third kappa shape index (κ3) is 6.46. The third-order valence-electron chi connectivity index (χ3n) is 3.55. The maximum absolute atomic E-state index is 11.6. The van der Waals surface area contributed by atoms with Crippen LogP contribution in [-0.2, 0) is 10.1 Å². The maximum atomic E-state index is 11.6. The van der Waals surface area contributed by atoms with Gasteiger partial charge in [-0.2, -0.15) is 8.42 Å². The minimum absolute atomic E-state index is 0.115. The molecule has 0 atom stereocenters. The van der Waals surface area contributed by atoms with E-state index >= 15 is 0 Å². The molecule has 5 heteroatoms. The van der Waals surface area contributed by atoms with E-state index < -0.39 is 18.0 Å². The number of benzene rings is 1. The summed E-state index contributed by atoms with van der Waals surface area (Å²) in [5.41, 5.74) is 0. The summed E-state index contributed by atoms with van der Waals surface area (Å²) in [6.45, 7) is 4.34. The Hall–Kier alpha value is -0.440. The van der Waals surface area contributed by atoms with Gasteiger partial charge in [0.25, 0.3) is 10.1 Å². The normalized spacial score (nSPS) is 12.0. The van der Waals surface area contributed by atoms with E-state index in [0.29, 0.717) is 0 Å². The zero-order valence-corrected chi connectivity index (χ0v) is 14.8. The van der Waals surface area contributed by atoms with E-state index in [4.69, 9.17) is 0 Å². The molecule has 0 saturated carbocycles. The van der Waals surface area contributed by atoms with E-state index in [9.17, 15) is 13.0 Å². The van der Waals surface area contributed by atoms with Gasteiger partial charge in [0.2, 0.25) is 0 Å². The second kappa shape index (κ2) is 9.55. The molecule has 0 bridgehead atoms. The highest BCUT2D eigenvalue weighted by atomic mass is 32.2. The largest absolute Gasteiger partial charge is 0.295 e. The molecule has 0 spiro atoms. The van der Waals surface area contributed by atoms with Crippen LogP contribution in [0.1, 0.15) is 52.4 Å². The minimum atomic E-state index is -4.12. The van der Waals surface area contributed by atoms with E-state index in [2.05, 4.69) is 13.8 Å². The van der Waals surface area contributed by atoms with Crippen LogP contribution in [0.4, 0.5) is 0 Å². The van der Waals surface area contributed by atoms with Crippen LogP contribution in [0.15, 0.2) is 29.2 Å². The topological polar surface area (TPSA) is 54.4 Å². The standard InChI is InChI=1S/C16H27O3PS/c1-3-5-9-13-20(14-10-6-4-2)15-11-7-8-12-16(15)21(17,18)19/h7-8,11-12H,3-6,9-10,13-14H2,1-2H3,(H,17,18,19). The Morgan fingerprint density at radius 2 is 1.48 bits per heavy atom. The van der Waals surface area contributed by atoms with Gasteiger partial charge >= 0.3 is 0 Å². The zero-order valence-electron chi connectivity index (χ0n) is 13.1. The van der Waals surface area contributed by atoms with Gasteiger partial charge in [-0.15, -0.1) is 0 Å². The summed E-state index contributed by atoms with van der Waals surface area (Å²) in [7, 11) is -4.63. The van der Waals surface area contributed by atoms with Crippen LogP contribution < -0.4 is 5.30 Å². The highest BCUT2D eigenvalue weighted by Gasteiger charge is 2.20. The Labute approximate surface area is 130 Å². The molecule has 0 amide bonds. The van der Waals surface area contributed by atoms with Crippen LogP contribution in [0.2, 0.25) is 0 Å². The lowest BCUT2D eigenvalue weighted by Crippen LogP contribution is -2.16. The lowest BCUT2D eigenvalue weighted by molar-refractivity contribution is 0.484. The number of rotatable bonds is 10. The summed E-state index contributed by atoms with van der Waals surface area (Å²) < 4.78 is 32.6. The SMILES string of the molecule is CCCCCP(CCCCC)c1ccccc1S(=O)(=O)O. The molecule has 0 radical (unpaired) electrons. The molecule has 0 unspecified atom stereocenters. The van der Waals surface area contributed by atoms with Crippen LogP contribution in [0.5, 0.6) is 0 Å². The second-order valence-corrected chi connectivity index (χ2v) is 9.19. The van der Waals surface area contributed by atoms with Gasteiger partial charge in [-0.05, 0) is 36.5 Å². The molecule has 1 aromatic rings. The fraction of sp³-hybridized carbons (Fsp3) is 0.625. The quantitative estimate of drug-likeness (QED) is 0.392.